The number of rotatable bonds is 8. The average molecular weight is 446 g/mol. The van der Waals surface area contributed by atoms with E-state index in [9.17, 15) is 4.79 Å². The van der Waals surface area contributed by atoms with Gasteiger partial charge in [-0.3, -0.25) is 4.79 Å². The molecule has 3 aromatic rings. The summed E-state index contributed by atoms with van der Waals surface area (Å²) >= 11 is 0. The molecule has 0 bridgehead atoms. The minimum atomic E-state index is -0.0380. The molecule has 0 N–H and O–H groups in total. The zero-order valence-electron chi connectivity index (χ0n) is 19.5. The third-order valence-corrected chi connectivity index (χ3v) is 6.20. The second kappa shape index (κ2) is 10.5. The van der Waals surface area contributed by atoms with Gasteiger partial charge in [0, 0.05) is 23.6 Å². The fraction of sp³-hybridized carbons (Fsp3) is 0.321. The largest absolute Gasteiger partial charge is 0.497 e. The van der Waals surface area contributed by atoms with Crippen LogP contribution in [0.3, 0.4) is 0 Å². The van der Waals surface area contributed by atoms with Crippen molar-refractivity contribution in [2.24, 2.45) is 5.92 Å². The number of methoxy groups -OCH3 is 2. The molecule has 1 aliphatic rings. The average Bonchev–Trinajstić information content (AvgIpc) is 2.87. The van der Waals surface area contributed by atoms with E-state index in [1.54, 1.807) is 14.2 Å². The molecule has 33 heavy (non-hydrogen) atoms. The van der Waals surface area contributed by atoms with Gasteiger partial charge in [-0.15, -0.1) is 0 Å². The predicted octanol–water partition coefficient (Wildman–Crippen LogP) is 5.32. The molecule has 0 radical (unpaired) electrons. The van der Waals surface area contributed by atoms with Gasteiger partial charge in [-0.05, 0) is 92.2 Å². The molecule has 1 aliphatic heterocycles. The van der Waals surface area contributed by atoms with Crippen molar-refractivity contribution in [1.29, 1.82) is 0 Å². The smallest absolute Gasteiger partial charge is 0.193 e. The van der Waals surface area contributed by atoms with Crippen molar-refractivity contribution < 1.29 is 19.0 Å². The number of piperidine rings is 1. The topological polar surface area (TPSA) is 48.0 Å². The quantitative estimate of drug-likeness (QED) is 0.439. The molecule has 5 heteroatoms. The number of likely N-dealkylation sites (tertiary alicyclic amines) is 1. The summed E-state index contributed by atoms with van der Waals surface area (Å²) < 4.78 is 16.7. The van der Waals surface area contributed by atoms with Gasteiger partial charge in [0.25, 0.3) is 0 Å². The van der Waals surface area contributed by atoms with Crippen LogP contribution >= 0.6 is 0 Å². The molecule has 0 spiro atoms. The van der Waals surface area contributed by atoms with E-state index in [1.165, 1.54) is 12.8 Å². The highest BCUT2D eigenvalue weighted by atomic mass is 16.5. The highest BCUT2D eigenvalue weighted by Gasteiger charge is 2.19. The summed E-state index contributed by atoms with van der Waals surface area (Å²) in [6.07, 6.45) is 2.42. The zero-order chi connectivity index (χ0) is 23.2. The molecule has 4 rings (SSSR count). The molecule has 5 nitrogen and oxygen atoms in total. The van der Waals surface area contributed by atoms with Gasteiger partial charge in [0.2, 0.25) is 0 Å². The van der Waals surface area contributed by atoms with Crippen LogP contribution in [0.15, 0.2) is 66.7 Å². The molecule has 172 valence electrons. The van der Waals surface area contributed by atoms with Gasteiger partial charge in [-0.25, -0.2) is 0 Å². The molecular formula is C28H31NO4. The Morgan fingerprint density at radius 1 is 0.909 bits per heavy atom. The maximum atomic E-state index is 13.4. The van der Waals surface area contributed by atoms with Crippen LogP contribution in [0.2, 0.25) is 0 Å². The third-order valence-electron chi connectivity index (χ3n) is 6.20. The summed E-state index contributed by atoms with van der Waals surface area (Å²) in [5.41, 5.74) is 3.00. The van der Waals surface area contributed by atoms with Crippen molar-refractivity contribution >= 4 is 5.78 Å². The lowest BCUT2D eigenvalue weighted by atomic mass is 9.93. The van der Waals surface area contributed by atoms with Gasteiger partial charge < -0.3 is 19.1 Å². The van der Waals surface area contributed by atoms with Gasteiger partial charge in [0.1, 0.15) is 17.2 Å². The molecule has 0 aliphatic carbocycles. The van der Waals surface area contributed by atoms with E-state index in [1.807, 2.05) is 66.7 Å². The van der Waals surface area contributed by atoms with Crippen molar-refractivity contribution in [3.05, 3.63) is 77.9 Å². The Hall–Kier alpha value is -3.31. The Bertz CT molecular complexity index is 1080. The molecular weight excluding hydrogens is 414 g/mol. The Morgan fingerprint density at radius 3 is 2.24 bits per heavy atom. The summed E-state index contributed by atoms with van der Waals surface area (Å²) in [7, 11) is 5.42. The highest BCUT2D eigenvalue weighted by molar-refractivity contribution is 6.13. The number of hydrogen-bond donors (Lipinski definition) is 0. The van der Waals surface area contributed by atoms with Crippen LogP contribution in [0.1, 0.15) is 28.8 Å². The van der Waals surface area contributed by atoms with Crippen LogP contribution in [0.25, 0.3) is 11.1 Å². The highest BCUT2D eigenvalue weighted by Crippen LogP contribution is 2.31. The van der Waals surface area contributed by atoms with Gasteiger partial charge >= 0.3 is 0 Å². The minimum Gasteiger partial charge on any atom is -0.497 e. The summed E-state index contributed by atoms with van der Waals surface area (Å²) in [6, 6.07) is 20.7. The molecule has 0 aromatic heterocycles. The number of ether oxygens (including phenoxy) is 3. The number of carbonyl (C=O) groups excluding carboxylic acids is 1. The van der Waals surface area contributed by atoms with Crippen molar-refractivity contribution in [2.45, 2.75) is 12.8 Å². The second-order valence-corrected chi connectivity index (χ2v) is 8.58. The predicted molar refractivity (Wildman–Crippen MR) is 131 cm³/mol. The van der Waals surface area contributed by atoms with E-state index < -0.39 is 0 Å². The standard InChI is InChI=1S/C28H31NO4/c1-29-16-4-5-20(18-29)19-33-24-12-8-22(9-13-24)28(30)26-15-14-25(32-3)17-27(26)21-6-10-23(31-2)11-7-21/h6-15,17,20H,4-5,16,18-19H2,1-3H3. The zero-order valence-corrected chi connectivity index (χ0v) is 19.5. The number of ketones is 1. The summed E-state index contributed by atoms with van der Waals surface area (Å²) in [5.74, 6) is 2.78. The lowest BCUT2D eigenvalue weighted by Crippen LogP contribution is -2.34. The molecule has 1 saturated heterocycles. The number of nitrogens with zero attached hydrogens (tertiary/aromatic N) is 1. The van der Waals surface area contributed by atoms with Gasteiger partial charge in [-0.1, -0.05) is 12.1 Å². The summed E-state index contributed by atoms with van der Waals surface area (Å²) in [4.78, 5) is 15.8. The van der Waals surface area contributed by atoms with Crippen molar-refractivity contribution in [2.75, 3.05) is 41.0 Å². The van der Waals surface area contributed by atoms with Crippen molar-refractivity contribution in [3.63, 3.8) is 0 Å². The van der Waals surface area contributed by atoms with Gasteiger partial charge in [-0.2, -0.15) is 0 Å². The van der Waals surface area contributed by atoms with Crippen LogP contribution in [0.5, 0.6) is 17.2 Å². The number of benzene rings is 3. The van der Waals surface area contributed by atoms with Crippen LogP contribution in [0.4, 0.5) is 0 Å². The Balaban J connectivity index is 1.52. The van der Waals surface area contributed by atoms with Crippen LogP contribution < -0.4 is 14.2 Å². The molecule has 1 unspecified atom stereocenters. The first-order chi connectivity index (χ1) is 16.1. The Morgan fingerprint density at radius 2 is 1.58 bits per heavy atom. The van der Waals surface area contributed by atoms with E-state index in [-0.39, 0.29) is 5.78 Å². The van der Waals surface area contributed by atoms with Crippen LogP contribution in [-0.2, 0) is 0 Å². The second-order valence-electron chi connectivity index (χ2n) is 8.58. The Labute approximate surface area is 195 Å². The molecule has 1 heterocycles. The Kier molecular flexibility index (Phi) is 7.30. The fourth-order valence-electron chi connectivity index (χ4n) is 4.34. The number of carbonyl (C=O) groups is 1. The van der Waals surface area contributed by atoms with Crippen molar-refractivity contribution in [1.82, 2.24) is 4.90 Å². The molecule has 0 amide bonds. The fourth-order valence-corrected chi connectivity index (χ4v) is 4.34. The SMILES string of the molecule is COc1ccc(-c2cc(OC)ccc2C(=O)c2ccc(OCC3CCCN(C)C3)cc2)cc1. The molecule has 1 atom stereocenters. The van der Waals surface area contributed by atoms with Crippen molar-refractivity contribution in [3.8, 4) is 28.4 Å². The first kappa shape index (κ1) is 22.9. The normalized spacial score (nSPS) is 16.3. The monoisotopic (exact) mass is 445 g/mol. The first-order valence-electron chi connectivity index (χ1n) is 11.4. The minimum absolute atomic E-state index is 0.0380. The van der Waals surface area contributed by atoms with E-state index in [4.69, 9.17) is 14.2 Å². The lowest BCUT2D eigenvalue weighted by molar-refractivity contribution is 0.103. The third kappa shape index (κ3) is 5.55. The number of hydrogen-bond acceptors (Lipinski definition) is 5. The van der Waals surface area contributed by atoms with Crippen LogP contribution in [-0.4, -0.2) is 51.6 Å². The summed E-state index contributed by atoms with van der Waals surface area (Å²) in [5, 5.41) is 0. The maximum absolute atomic E-state index is 13.4. The first-order valence-corrected chi connectivity index (χ1v) is 11.4. The maximum Gasteiger partial charge on any atom is 0.193 e. The van der Waals surface area contributed by atoms with Crippen LogP contribution in [0, 0.1) is 5.92 Å². The summed E-state index contributed by atoms with van der Waals surface area (Å²) in [6.45, 7) is 2.94. The van der Waals surface area contributed by atoms with E-state index in [2.05, 4.69) is 11.9 Å². The lowest BCUT2D eigenvalue weighted by Gasteiger charge is -2.29. The molecule has 1 fully saturated rings. The van der Waals surface area contributed by atoms with Gasteiger partial charge in [0.15, 0.2) is 5.78 Å². The van der Waals surface area contributed by atoms with E-state index in [0.717, 1.165) is 35.7 Å². The van der Waals surface area contributed by atoms with E-state index >= 15 is 0 Å². The molecule has 3 aromatic carbocycles. The molecule has 0 saturated carbocycles. The van der Waals surface area contributed by atoms with Gasteiger partial charge in [0.05, 0.1) is 20.8 Å². The van der Waals surface area contributed by atoms with E-state index in [0.29, 0.717) is 29.4 Å².